The SMILES string of the molecule is CCC[C@@H]1C(=O)NN=C(c2ccc3nc(-c4cc(C)cs4)oc3c2)[C@H]1C. The summed E-state index contributed by atoms with van der Waals surface area (Å²) in [6, 6.07) is 8.01. The van der Waals surface area contributed by atoms with Crippen LogP contribution in [-0.4, -0.2) is 16.6 Å². The van der Waals surface area contributed by atoms with Crippen molar-refractivity contribution in [3.05, 3.63) is 40.8 Å². The van der Waals surface area contributed by atoms with Gasteiger partial charge >= 0.3 is 0 Å². The lowest BCUT2D eigenvalue weighted by Crippen LogP contribution is -2.40. The van der Waals surface area contributed by atoms with Gasteiger partial charge in [0.1, 0.15) is 5.52 Å². The summed E-state index contributed by atoms with van der Waals surface area (Å²) >= 11 is 1.63. The summed E-state index contributed by atoms with van der Waals surface area (Å²) in [5, 5.41) is 6.41. The topological polar surface area (TPSA) is 67.5 Å². The number of nitrogens with zero attached hydrogens (tertiary/aromatic N) is 2. The van der Waals surface area contributed by atoms with Gasteiger partial charge < -0.3 is 4.42 Å². The number of aryl methyl sites for hydroxylation is 1. The van der Waals surface area contributed by atoms with Crippen molar-refractivity contribution in [2.75, 3.05) is 0 Å². The third-order valence-electron chi connectivity index (χ3n) is 4.88. The first-order valence-electron chi connectivity index (χ1n) is 8.90. The molecule has 6 heteroatoms. The van der Waals surface area contributed by atoms with Crippen molar-refractivity contribution in [1.82, 2.24) is 10.4 Å². The van der Waals surface area contributed by atoms with E-state index < -0.39 is 0 Å². The first-order valence-corrected chi connectivity index (χ1v) is 9.78. The van der Waals surface area contributed by atoms with Gasteiger partial charge in [-0.3, -0.25) is 4.79 Å². The minimum absolute atomic E-state index is 0.0131. The number of carbonyl (C=O) groups excluding carboxylic acids is 1. The zero-order valence-corrected chi connectivity index (χ0v) is 15.9. The summed E-state index contributed by atoms with van der Waals surface area (Å²) in [5.41, 5.74) is 7.32. The van der Waals surface area contributed by atoms with Gasteiger partial charge in [0.15, 0.2) is 5.58 Å². The van der Waals surface area contributed by atoms with Crippen LogP contribution in [0.15, 0.2) is 39.2 Å². The highest BCUT2D eigenvalue weighted by Gasteiger charge is 2.32. The van der Waals surface area contributed by atoms with Crippen molar-refractivity contribution < 1.29 is 9.21 Å². The van der Waals surface area contributed by atoms with Gasteiger partial charge in [-0.05, 0) is 42.5 Å². The van der Waals surface area contributed by atoms with Crippen molar-refractivity contribution in [3.63, 3.8) is 0 Å². The maximum Gasteiger partial charge on any atom is 0.243 e. The molecule has 26 heavy (non-hydrogen) atoms. The Morgan fingerprint density at radius 3 is 2.88 bits per heavy atom. The van der Waals surface area contributed by atoms with Crippen molar-refractivity contribution in [2.45, 2.75) is 33.6 Å². The summed E-state index contributed by atoms with van der Waals surface area (Å²) < 4.78 is 5.99. The van der Waals surface area contributed by atoms with Gasteiger partial charge in [0.05, 0.1) is 10.6 Å². The second kappa shape index (κ2) is 6.68. The molecule has 0 fully saturated rings. The molecule has 2 atom stereocenters. The van der Waals surface area contributed by atoms with Gasteiger partial charge in [-0.2, -0.15) is 5.10 Å². The number of thiophene rings is 1. The Kier molecular flexibility index (Phi) is 4.36. The summed E-state index contributed by atoms with van der Waals surface area (Å²) in [4.78, 5) is 17.7. The second-order valence-electron chi connectivity index (χ2n) is 6.85. The van der Waals surface area contributed by atoms with E-state index in [0.29, 0.717) is 5.89 Å². The Bertz CT molecular complexity index is 1000. The largest absolute Gasteiger partial charge is 0.435 e. The number of fused-ring (bicyclic) bond motifs is 1. The Morgan fingerprint density at radius 2 is 2.15 bits per heavy atom. The Morgan fingerprint density at radius 1 is 1.31 bits per heavy atom. The Balaban J connectivity index is 1.70. The number of hydrogen-bond donors (Lipinski definition) is 1. The van der Waals surface area contributed by atoms with Crippen molar-refractivity contribution in [1.29, 1.82) is 0 Å². The number of amides is 1. The fourth-order valence-electron chi connectivity index (χ4n) is 3.47. The molecule has 1 N–H and O–H groups in total. The van der Waals surface area contributed by atoms with Crippen LogP contribution in [0.2, 0.25) is 0 Å². The van der Waals surface area contributed by atoms with Gasteiger partial charge in [-0.1, -0.05) is 26.3 Å². The smallest absolute Gasteiger partial charge is 0.243 e. The highest BCUT2D eigenvalue weighted by atomic mass is 32.1. The zero-order valence-electron chi connectivity index (χ0n) is 15.1. The number of aromatic nitrogens is 1. The van der Waals surface area contributed by atoms with Crippen LogP contribution in [-0.2, 0) is 4.79 Å². The molecule has 0 bridgehead atoms. The van der Waals surface area contributed by atoms with Crippen molar-refractivity contribution in [3.8, 4) is 10.8 Å². The molecule has 1 aliphatic rings. The number of hydrazone groups is 1. The molecule has 5 nitrogen and oxygen atoms in total. The molecule has 1 aromatic carbocycles. The van der Waals surface area contributed by atoms with E-state index in [1.807, 2.05) is 18.2 Å². The number of carbonyl (C=O) groups is 1. The van der Waals surface area contributed by atoms with Crippen LogP contribution in [0.5, 0.6) is 0 Å². The fraction of sp³-hybridized carbons (Fsp3) is 0.350. The molecule has 3 aromatic rings. The standard InChI is InChI=1S/C20H21N3O2S/c1-4-5-14-12(3)18(22-23-19(14)24)13-6-7-15-16(9-13)25-20(21-15)17-8-11(2)10-26-17/h6-10,12,14H,4-5H2,1-3H3,(H,23,24)/t12-,14-/m0/s1. The second-order valence-corrected chi connectivity index (χ2v) is 7.76. The number of benzene rings is 1. The minimum Gasteiger partial charge on any atom is -0.435 e. The molecule has 0 aliphatic carbocycles. The molecular formula is C20H21N3O2S. The van der Waals surface area contributed by atoms with E-state index in [4.69, 9.17) is 4.42 Å². The number of hydrogen-bond acceptors (Lipinski definition) is 5. The third kappa shape index (κ3) is 2.94. The molecular weight excluding hydrogens is 346 g/mol. The maximum atomic E-state index is 12.1. The lowest BCUT2D eigenvalue weighted by molar-refractivity contribution is -0.126. The summed E-state index contributed by atoms with van der Waals surface area (Å²) in [6.45, 7) is 6.23. The molecule has 0 unspecified atom stereocenters. The molecule has 3 heterocycles. The van der Waals surface area contributed by atoms with Crippen LogP contribution in [0.4, 0.5) is 0 Å². The fourth-order valence-corrected chi connectivity index (χ4v) is 4.29. The third-order valence-corrected chi connectivity index (χ3v) is 5.92. The van der Waals surface area contributed by atoms with Crippen LogP contribution in [0, 0.1) is 18.8 Å². The summed E-state index contributed by atoms with van der Waals surface area (Å²) in [5.74, 6) is 0.691. The zero-order chi connectivity index (χ0) is 18.3. The average molecular weight is 367 g/mol. The lowest BCUT2D eigenvalue weighted by Gasteiger charge is -2.27. The lowest BCUT2D eigenvalue weighted by atomic mass is 9.82. The van der Waals surface area contributed by atoms with Crippen molar-refractivity contribution >= 4 is 34.1 Å². The minimum atomic E-state index is -0.0393. The van der Waals surface area contributed by atoms with E-state index in [2.05, 4.69) is 47.7 Å². The van der Waals surface area contributed by atoms with E-state index >= 15 is 0 Å². The average Bonchev–Trinajstić information content (AvgIpc) is 3.24. The van der Waals surface area contributed by atoms with E-state index in [9.17, 15) is 4.79 Å². The molecule has 0 saturated heterocycles. The number of nitrogens with one attached hydrogen (secondary N) is 1. The van der Waals surface area contributed by atoms with Crippen molar-refractivity contribution in [2.24, 2.45) is 16.9 Å². The Labute approximate surface area is 156 Å². The number of rotatable bonds is 4. The normalized spacial score (nSPS) is 20.3. The van der Waals surface area contributed by atoms with Crippen LogP contribution < -0.4 is 5.43 Å². The van der Waals surface area contributed by atoms with Gasteiger partial charge in [0, 0.05) is 17.4 Å². The van der Waals surface area contributed by atoms with Crippen LogP contribution in [0.1, 0.15) is 37.8 Å². The predicted octanol–water partition coefficient (Wildman–Crippen LogP) is 4.75. The van der Waals surface area contributed by atoms with Crippen LogP contribution in [0.25, 0.3) is 21.9 Å². The van der Waals surface area contributed by atoms with Crippen LogP contribution in [0.3, 0.4) is 0 Å². The maximum absolute atomic E-state index is 12.1. The molecule has 2 aromatic heterocycles. The van der Waals surface area contributed by atoms with Gasteiger partial charge in [-0.25, -0.2) is 10.4 Å². The predicted molar refractivity (Wildman–Crippen MR) is 104 cm³/mol. The first kappa shape index (κ1) is 17.0. The molecule has 1 aliphatic heterocycles. The van der Waals surface area contributed by atoms with Gasteiger partial charge in [0.2, 0.25) is 11.8 Å². The van der Waals surface area contributed by atoms with Gasteiger partial charge in [0.25, 0.3) is 0 Å². The quantitative estimate of drug-likeness (QED) is 0.723. The molecule has 0 spiro atoms. The first-order chi connectivity index (χ1) is 12.6. The van der Waals surface area contributed by atoms with E-state index in [1.165, 1.54) is 5.56 Å². The number of oxazole rings is 1. The molecule has 0 saturated carbocycles. The Hall–Kier alpha value is -2.47. The molecule has 1 amide bonds. The van der Waals surface area contributed by atoms with E-state index in [1.54, 1.807) is 11.3 Å². The summed E-state index contributed by atoms with van der Waals surface area (Å²) in [6.07, 6.45) is 1.83. The van der Waals surface area contributed by atoms with E-state index in [-0.39, 0.29) is 17.7 Å². The molecule has 0 radical (unpaired) electrons. The van der Waals surface area contributed by atoms with E-state index in [0.717, 1.165) is 40.1 Å². The molecule has 4 rings (SSSR count). The highest BCUT2D eigenvalue weighted by molar-refractivity contribution is 7.13. The van der Waals surface area contributed by atoms with Crippen LogP contribution >= 0.6 is 11.3 Å². The summed E-state index contributed by atoms with van der Waals surface area (Å²) in [7, 11) is 0. The molecule has 134 valence electrons. The monoisotopic (exact) mass is 367 g/mol. The van der Waals surface area contributed by atoms with Gasteiger partial charge in [-0.15, -0.1) is 11.3 Å². The highest BCUT2D eigenvalue weighted by Crippen LogP contribution is 2.31.